The van der Waals surface area contributed by atoms with Crippen molar-refractivity contribution in [3.8, 4) is 45.0 Å². The van der Waals surface area contributed by atoms with E-state index in [-0.39, 0.29) is 0 Å². The number of benzene rings is 6. The van der Waals surface area contributed by atoms with Gasteiger partial charge in [0.05, 0.1) is 22.4 Å². The van der Waals surface area contributed by atoms with E-state index in [2.05, 4.69) is 131 Å². The van der Waals surface area contributed by atoms with Gasteiger partial charge < -0.3 is 0 Å². The van der Waals surface area contributed by atoms with E-state index in [1.807, 2.05) is 24.3 Å². The minimum atomic E-state index is 0.734. The molecule has 0 radical (unpaired) electrons. The van der Waals surface area contributed by atoms with Crippen LogP contribution in [0, 0.1) is 0 Å². The molecule has 0 atom stereocenters. The quantitative estimate of drug-likeness (QED) is 0.193. The molecule has 9 aromatic rings. The molecule has 4 heteroatoms. The fourth-order valence-electron chi connectivity index (χ4n) is 6.46. The van der Waals surface area contributed by atoms with E-state index < -0.39 is 0 Å². The number of aromatic nitrogens is 4. The van der Waals surface area contributed by atoms with Gasteiger partial charge in [0.2, 0.25) is 0 Å². The summed E-state index contributed by atoms with van der Waals surface area (Å²) in [6.07, 6.45) is 3.55. The van der Waals surface area contributed by atoms with Crippen LogP contribution >= 0.6 is 0 Å². The summed E-state index contributed by atoms with van der Waals surface area (Å²) in [6, 6.07) is 51.0. The summed E-state index contributed by atoms with van der Waals surface area (Å²) in [7, 11) is 0. The molecule has 0 aliphatic rings. The smallest absolute Gasteiger partial charge is 0.159 e. The fraction of sp³-hybridized carbons (Fsp3) is 0. The lowest BCUT2D eigenvalue weighted by molar-refractivity contribution is 1.18. The van der Waals surface area contributed by atoms with Crippen LogP contribution < -0.4 is 0 Å². The summed E-state index contributed by atoms with van der Waals surface area (Å²) >= 11 is 0. The first-order chi connectivity index (χ1) is 22.8. The number of rotatable bonds is 4. The lowest BCUT2D eigenvalue weighted by atomic mass is 9.92. The third kappa shape index (κ3) is 4.47. The topological polar surface area (TPSA) is 51.6 Å². The standard InChI is InChI=1S/C42H26N4/c1-2-7-27(8-3-1)38-21-17-28-11-12-29-18-22-39(46-41(29)40(28)45-38)37-20-19-34(35-9-4-5-10-36(35)37)32-15-13-31-26-33(16-14-30(31)25-32)42-43-23-6-24-44-42/h1-26H. The van der Waals surface area contributed by atoms with Gasteiger partial charge in [0.15, 0.2) is 5.82 Å². The lowest BCUT2D eigenvalue weighted by Gasteiger charge is -2.13. The van der Waals surface area contributed by atoms with Crippen LogP contribution in [0.4, 0.5) is 0 Å². The van der Waals surface area contributed by atoms with Crippen molar-refractivity contribution in [3.63, 3.8) is 0 Å². The molecule has 0 aliphatic carbocycles. The van der Waals surface area contributed by atoms with Crippen molar-refractivity contribution in [1.82, 2.24) is 19.9 Å². The number of hydrogen-bond acceptors (Lipinski definition) is 4. The predicted molar refractivity (Wildman–Crippen MR) is 189 cm³/mol. The maximum absolute atomic E-state index is 5.26. The van der Waals surface area contributed by atoms with E-state index in [4.69, 9.17) is 9.97 Å². The first-order valence-corrected chi connectivity index (χ1v) is 15.4. The highest BCUT2D eigenvalue weighted by Crippen LogP contribution is 2.37. The van der Waals surface area contributed by atoms with Crippen molar-refractivity contribution in [2.75, 3.05) is 0 Å². The molecule has 0 saturated carbocycles. The predicted octanol–water partition coefficient (Wildman–Crippen LogP) is 10.5. The van der Waals surface area contributed by atoms with Crippen molar-refractivity contribution in [2.24, 2.45) is 0 Å². The molecule has 3 heterocycles. The maximum atomic E-state index is 5.26. The zero-order valence-electron chi connectivity index (χ0n) is 24.8. The summed E-state index contributed by atoms with van der Waals surface area (Å²) < 4.78 is 0. The Morgan fingerprint density at radius 1 is 0.348 bits per heavy atom. The molecule has 214 valence electrons. The fourth-order valence-corrected chi connectivity index (χ4v) is 6.46. The van der Waals surface area contributed by atoms with Crippen molar-refractivity contribution >= 4 is 43.4 Å². The molecule has 9 rings (SSSR count). The number of fused-ring (bicyclic) bond motifs is 5. The zero-order chi connectivity index (χ0) is 30.5. The number of hydrogen-bond donors (Lipinski definition) is 0. The van der Waals surface area contributed by atoms with E-state index in [0.29, 0.717) is 0 Å². The van der Waals surface area contributed by atoms with Crippen LogP contribution in [0.3, 0.4) is 0 Å². The monoisotopic (exact) mass is 586 g/mol. The minimum Gasteiger partial charge on any atom is -0.245 e. The van der Waals surface area contributed by atoms with Crippen molar-refractivity contribution in [3.05, 3.63) is 158 Å². The second kappa shape index (κ2) is 10.7. The average molecular weight is 587 g/mol. The summed E-state index contributed by atoms with van der Waals surface area (Å²) in [5.74, 6) is 0.734. The highest BCUT2D eigenvalue weighted by atomic mass is 14.8. The second-order valence-electron chi connectivity index (χ2n) is 11.5. The Labute approximate surface area is 265 Å². The molecule has 0 unspecified atom stereocenters. The van der Waals surface area contributed by atoms with E-state index >= 15 is 0 Å². The summed E-state index contributed by atoms with van der Waals surface area (Å²) in [6.45, 7) is 0. The van der Waals surface area contributed by atoms with Crippen molar-refractivity contribution < 1.29 is 0 Å². The minimum absolute atomic E-state index is 0.734. The summed E-state index contributed by atoms with van der Waals surface area (Å²) in [5.41, 5.74) is 9.29. The van der Waals surface area contributed by atoms with Gasteiger partial charge >= 0.3 is 0 Å². The molecule has 0 saturated heterocycles. The Morgan fingerprint density at radius 2 is 0.891 bits per heavy atom. The molecule has 0 amide bonds. The van der Waals surface area contributed by atoms with Crippen molar-refractivity contribution in [2.45, 2.75) is 0 Å². The van der Waals surface area contributed by atoms with Gasteiger partial charge in [-0.25, -0.2) is 19.9 Å². The Hall–Kier alpha value is -6.26. The van der Waals surface area contributed by atoms with Gasteiger partial charge in [-0.15, -0.1) is 0 Å². The Bertz CT molecular complexity index is 2580. The van der Waals surface area contributed by atoms with Gasteiger partial charge in [-0.1, -0.05) is 115 Å². The van der Waals surface area contributed by atoms with E-state index in [9.17, 15) is 0 Å². The Kier molecular flexibility index (Phi) is 6.10. The normalized spacial score (nSPS) is 11.5. The molecule has 0 fully saturated rings. The average Bonchev–Trinajstić information content (AvgIpc) is 3.14. The van der Waals surface area contributed by atoms with Crippen molar-refractivity contribution in [1.29, 1.82) is 0 Å². The van der Waals surface area contributed by atoms with Crippen LogP contribution in [-0.2, 0) is 0 Å². The lowest BCUT2D eigenvalue weighted by Crippen LogP contribution is -1.92. The van der Waals surface area contributed by atoms with Crippen LogP contribution in [0.1, 0.15) is 0 Å². The molecule has 6 aromatic carbocycles. The summed E-state index contributed by atoms with van der Waals surface area (Å²) in [4.78, 5) is 19.2. The van der Waals surface area contributed by atoms with Gasteiger partial charge in [-0.3, -0.25) is 0 Å². The Balaban J connectivity index is 1.16. The van der Waals surface area contributed by atoms with Crippen LogP contribution in [-0.4, -0.2) is 19.9 Å². The van der Waals surface area contributed by atoms with Gasteiger partial charge in [0.1, 0.15) is 0 Å². The molecule has 0 bridgehead atoms. The first-order valence-electron chi connectivity index (χ1n) is 15.4. The number of pyridine rings is 2. The highest BCUT2D eigenvalue weighted by Gasteiger charge is 2.13. The highest BCUT2D eigenvalue weighted by molar-refractivity contribution is 6.08. The molecular formula is C42H26N4. The largest absolute Gasteiger partial charge is 0.245 e. The van der Waals surface area contributed by atoms with Gasteiger partial charge in [-0.2, -0.15) is 0 Å². The SMILES string of the molecule is c1ccc(-c2ccc3ccc4ccc(-c5ccc(-c6ccc7cc(-c8ncccn8)ccc7c6)c6ccccc56)nc4c3n2)cc1. The Morgan fingerprint density at radius 3 is 1.63 bits per heavy atom. The van der Waals surface area contributed by atoms with Crippen LogP contribution in [0.5, 0.6) is 0 Å². The van der Waals surface area contributed by atoms with Gasteiger partial charge in [0.25, 0.3) is 0 Å². The van der Waals surface area contributed by atoms with Gasteiger partial charge in [0, 0.05) is 39.9 Å². The van der Waals surface area contributed by atoms with E-state index in [0.717, 1.165) is 61.1 Å². The first kappa shape index (κ1) is 26.2. The zero-order valence-corrected chi connectivity index (χ0v) is 24.8. The molecule has 0 aliphatic heterocycles. The summed E-state index contributed by atoms with van der Waals surface area (Å²) in [5, 5.41) is 6.85. The molecule has 0 N–H and O–H groups in total. The van der Waals surface area contributed by atoms with Crippen LogP contribution in [0.15, 0.2) is 158 Å². The van der Waals surface area contributed by atoms with Crippen LogP contribution in [0.25, 0.3) is 88.4 Å². The third-order valence-corrected chi connectivity index (χ3v) is 8.76. The molecule has 0 spiro atoms. The van der Waals surface area contributed by atoms with E-state index in [1.165, 1.54) is 27.3 Å². The van der Waals surface area contributed by atoms with Gasteiger partial charge in [-0.05, 0) is 63.0 Å². The maximum Gasteiger partial charge on any atom is 0.159 e. The van der Waals surface area contributed by atoms with Crippen LogP contribution in [0.2, 0.25) is 0 Å². The second-order valence-corrected chi connectivity index (χ2v) is 11.5. The molecule has 4 nitrogen and oxygen atoms in total. The molecule has 3 aromatic heterocycles. The molecule has 46 heavy (non-hydrogen) atoms. The third-order valence-electron chi connectivity index (χ3n) is 8.76. The van der Waals surface area contributed by atoms with E-state index in [1.54, 1.807) is 12.4 Å². The number of nitrogens with zero attached hydrogens (tertiary/aromatic N) is 4. The molecular weight excluding hydrogens is 560 g/mol.